The molecule has 0 aliphatic carbocycles. The molecular weight excluding hydrogens is 106 g/mol. The first-order chi connectivity index (χ1) is 3.18. The second kappa shape index (κ2) is 8.27. The molecule has 0 aliphatic heterocycles. The molecule has 0 radical (unpaired) electrons. The Labute approximate surface area is 79.0 Å². The van der Waals surface area contributed by atoms with E-state index in [1.807, 2.05) is 0 Å². The summed E-state index contributed by atoms with van der Waals surface area (Å²) in [6, 6.07) is 0. The third-order valence-electron chi connectivity index (χ3n) is 0.628. The molecule has 0 aliphatic rings. The molecule has 0 fully saturated rings. The summed E-state index contributed by atoms with van der Waals surface area (Å²) >= 11 is 0. The number of hydrogen-bond donors (Lipinski definition) is 0. The van der Waals surface area contributed by atoms with Crippen molar-refractivity contribution in [2.45, 2.75) is 6.92 Å². The standard InChI is InChI=1S/C5H8O2.2Li/c1-3-4(2)5(6)7;;/h3,6-7H,1H2,2H3;;/q;2*+1/p-2. The van der Waals surface area contributed by atoms with E-state index in [1.165, 1.54) is 13.0 Å². The van der Waals surface area contributed by atoms with Crippen LogP contribution in [0.15, 0.2) is 24.2 Å². The zero-order valence-corrected chi connectivity index (χ0v) is 6.10. The van der Waals surface area contributed by atoms with Gasteiger partial charge in [0.2, 0.25) is 0 Å². The molecule has 0 aromatic rings. The summed E-state index contributed by atoms with van der Waals surface area (Å²) in [5.41, 5.74) is 0.167. The van der Waals surface area contributed by atoms with Gasteiger partial charge in [0.05, 0.1) is 0 Å². The molecular formula is C5H6Li2O2. The van der Waals surface area contributed by atoms with Gasteiger partial charge in [-0.2, -0.15) is 0 Å². The van der Waals surface area contributed by atoms with Gasteiger partial charge in [-0.1, -0.05) is 18.2 Å². The van der Waals surface area contributed by atoms with Crippen LogP contribution in [0.3, 0.4) is 0 Å². The van der Waals surface area contributed by atoms with Gasteiger partial charge in [-0.05, 0) is 6.92 Å². The molecule has 0 amide bonds. The first kappa shape index (κ1) is 16.1. The van der Waals surface area contributed by atoms with Crippen LogP contribution < -0.4 is 47.9 Å². The van der Waals surface area contributed by atoms with Gasteiger partial charge in [-0.25, -0.2) is 5.95 Å². The smallest absolute Gasteiger partial charge is 0.884 e. The van der Waals surface area contributed by atoms with Crippen LogP contribution in [0.5, 0.6) is 0 Å². The Morgan fingerprint density at radius 3 is 1.67 bits per heavy atom. The summed E-state index contributed by atoms with van der Waals surface area (Å²) in [5, 5.41) is 19.4. The average molecular weight is 112 g/mol. The minimum absolute atomic E-state index is 0. The van der Waals surface area contributed by atoms with Crippen molar-refractivity contribution in [3.05, 3.63) is 24.2 Å². The average Bonchev–Trinajstić information content (AvgIpc) is 1.65. The van der Waals surface area contributed by atoms with Gasteiger partial charge in [0, 0.05) is 0 Å². The van der Waals surface area contributed by atoms with E-state index in [0.29, 0.717) is 0 Å². The fraction of sp³-hybridized carbons (Fsp3) is 0.200. The van der Waals surface area contributed by atoms with E-state index in [1.54, 1.807) is 0 Å². The molecule has 0 N–H and O–H groups in total. The van der Waals surface area contributed by atoms with Crippen molar-refractivity contribution in [3.8, 4) is 0 Å². The van der Waals surface area contributed by atoms with Crippen LogP contribution in [-0.4, -0.2) is 0 Å². The van der Waals surface area contributed by atoms with Crippen LogP contribution in [-0.2, 0) is 0 Å². The van der Waals surface area contributed by atoms with Crippen LogP contribution in [0.1, 0.15) is 6.92 Å². The summed E-state index contributed by atoms with van der Waals surface area (Å²) in [6.45, 7) is 4.66. The van der Waals surface area contributed by atoms with Crippen molar-refractivity contribution in [1.29, 1.82) is 0 Å². The van der Waals surface area contributed by atoms with Crippen molar-refractivity contribution >= 4 is 0 Å². The fourth-order valence-corrected chi connectivity index (χ4v) is 0.0833. The molecule has 4 heteroatoms. The SMILES string of the molecule is C=CC(C)=C([O-])[O-].[Li+].[Li+]. The van der Waals surface area contributed by atoms with Gasteiger partial charge in [0.1, 0.15) is 0 Å². The molecule has 0 heterocycles. The number of allylic oxidation sites excluding steroid dienone is 2. The molecule has 9 heavy (non-hydrogen) atoms. The number of hydrogen-bond acceptors (Lipinski definition) is 2. The minimum atomic E-state index is -1.16. The van der Waals surface area contributed by atoms with E-state index in [2.05, 4.69) is 6.58 Å². The van der Waals surface area contributed by atoms with Crippen LogP contribution in [0.2, 0.25) is 0 Å². The predicted molar refractivity (Wildman–Crippen MR) is 22.9 cm³/mol. The van der Waals surface area contributed by atoms with E-state index in [4.69, 9.17) is 0 Å². The summed E-state index contributed by atoms with van der Waals surface area (Å²) in [6.07, 6.45) is 1.25. The largest absolute Gasteiger partial charge is 1.00 e. The van der Waals surface area contributed by atoms with E-state index >= 15 is 0 Å². The van der Waals surface area contributed by atoms with Crippen molar-refractivity contribution in [2.75, 3.05) is 0 Å². The third kappa shape index (κ3) is 8.27. The van der Waals surface area contributed by atoms with Crippen molar-refractivity contribution in [2.24, 2.45) is 0 Å². The van der Waals surface area contributed by atoms with Crippen molar-refractivity contribution in [1.82, 2.24) is 0 Å². The van der Waals surface area contributed by atoms with E-state index in [0.717, 1.165) is 0 Å². The van der Waals surface area contributed by atoms with Gasteiger partial charge >= 0.3 is 37.7 Å². The van der Waals surface area contributed by atoms with Crippen molar-refractivity contribution in [3.63, 3.8) is 0 Å². The Hall–Kier alpha value is 0.275. The second-order valence-electron chi connectivity index (χ2n) is 1.17. The van der Waals surface area contributed by atoms with Gasteiger partial charge in [0.25, 0.3) is 0 Å². The molecule has 40 valence electrons. The first-order valence-electron chi connectivity index (χ1n) is 1.86. The third-order valence-corrected chi connectivity index (χ3v) is 0.628. The molecule has 0 bridgehead atoms. The van der Waals surface area contributed by atoms with Crippen molar-refractivity contribution < 1.29 is 47.9 Å². The Morgan fingerprint density at radius 2 is 1.67 bits per heavy atom. The van der Waals surface area contributed by atoms with Crippen LogP contribution in [0.4, 0.5) is 0 Å². The maximum Gasteiger partial charge on any atom is 1.00 e. The maximum atomic E-state index is 9.71. The van der Waals surface area contributed by atoms with E-state index in [9.17, 15) is 10.2 Å². The fourth-order valence-electron chi connectivity index (χ4n) is 0.0833. The quantitative estimate of drug-likeness (QED) is 0.192. The number of rotatable bonds is 1. The predicted octanol–water partition coefficient (Wildman–Crippen LogP) is -6.87. The Bertz CT molecular complexity index is 106. The summed E-state index contributed by atoms with van der Waals surface area (Å²) in [5.74, 6) is -1.16. The van der Waals surface area contributed by atoms with E-state index in [-0.39, 0.29) is 43.3 Å². The van der Waals surface area contributed by atoms with Gasteiger partial charge < -0.3 is 10.2 Å². The molecule has 0 rings (SSSR count). The maximum absolute atomic E-state index is 9.71. The zero-order valence-electron chi connectivity index (χ0n) is 6.10. The molecule has 0 aromatic heterocycles. The molecule has 0 saturated carbocycles. The molecule has 0 atom stereocenters. The summed E-state index contributed by atoms with van der Waals surface area (Å²) in [4.78, 5) is 0. The van der Waals surface area contributed by atoms with Crippen LogP contribution in [0.25, 0.3) is 0 Å². The monoisotopic (exact) mass is 112 g/mol. The Morgan fingerprint density at radius 1 is 1.33 bits per heavy atom. The molecule has 0 saturated heterocycles. The molecule has 0 spiro atoms. The topological polar surface area (TPSA) is 46.1 Å². The summed E-state index contributed by atoms with van der Waals surface area (Å²) < 4.78 is 0. The molecule has 0 unspecified atom stereocenters. The Kier molecular flexibility index (Phi) is 14.8. The van der Waals surface area contributed by atoms with Crippen LogP contribution in [0, 0.1) is 0 Å². The van der Waals surface area contributed by atoms with Gasteiger partial charge in [-0.3, -0.25) is 0 Å². The normalized spacial score (nSPS) is 5.89. The summed E-state index contributed by atoms with van der Waals surface area (Å²) in [7, 11) is 0. The minimum Gasteiger partial charge on any atom is -0.884 e. The van der Waals surface area contributed by atoms with Gasteiger partial charge in [0.15, 0.2) is 0 Å². The first-order valence-corrected chi connectivity index (χ1v) is 1.86. The molecule has 0 aromatic carbocycles. The Balaban J connectivity index is -0.000000180. The van der Waals surface area contributed by atoms with Gasteiger partial charge in [-0.15, -0.1) is 0 Å². The molecule has 2 nitrogen and oxygen atoms in total. The van der Waals surface area contributed by atoms with E-state index < -0.39 is 5.95 Å². The zero-order chi connectivity index (χ0) is 5.86. The second-order valence-corrected chi connectivity index (χ2v) is 1.17. The van der Waals surface area contributed by atoms with Crippen LogP contribution >= 0.6 is 0 Å².